The average Bonchev–Trinajstić information content (AvgIpc) is 2.89. The monoisotopic (exact) mass is 312 g/mol. The van der Waals surface area contributed by atoms with E-state index in [4.69, 9.17) is 4.74 Å². The predicted octanol–water partition coefficient (Wildman–Crippen LogP) is 2.33. The Morgan fingerprint density at radius 3 is 2.48 bits per heavy atom. The molecule has 0 aromatic rings. The molecule has 0 aromatic carbocycles. The zero-order valence-electron chi connectivity index (χ0n) is 12.6. The van der Waals surface area contributed by atoms with Crippen LogP contribution in [0.25, 0.3) is 0 Å². The van der Waals surface area contributed by atoms with E-state index in [2.05, 4.69) is 16.6 Å². The van der Waals surface area contributed by atoms with Crippen LogP contribution in [0.15, 0.2) is 4.40 Å². The molecular formula is C15H24N2O3S. The summed E-state index contributed by atoms with van der Waals surface area (Å²) in [7, 11) is -3.39. The highest BCUT2D eigenvalue weighted by Crippen LogP contribution is 2.52. The number of ether oxygens (including phenoxy) is 1. The molecule has 0 saturated heterocycles. The maximum Gasteiger partial charge on any atom is 0.301 e. The van der Waals surface area contributed by atoms with Crippen molar-refractivity contribution in [2.45, 2.75) is 81.6 Å². The Morgan fingerprint density at radius 2 is 1.81 bits per heavy atom. The SMILES string of the molecule is CC12CCC(NC3=NS(=O)(=O)C4CCCC4O3)(CC1)CC2. The molecule has 1 heterocycles. The summed E-state index contributed by atoms with van der Waals surface area (Å²) in [6.07, 6.45) is 9.18. The van der Waals surface area contributed by atoms with Crippen LogP contribution in [0.1, 0.15) is 64.7 Å². The number of nitrogens with one attached hydrogen (secondary N) is 1. The van der Waals surface area contributed by atoms with Gasteiger partial charge >= 0.3 is 6.02 Å². The minimum atomic E-state index is -3.39. The number of amidine groups is 1. The number of fused-ring (bicyclic) bond motifs is 4. The van der Waals surface area contributed by atoms with E-state index in [1.165, 1.54) is 19.3 Å². The van der Waals surface area contributed by atoms with E-state index in [0.717, 1.165) is 32.1 Å². The molecule has 2 unspecified atom stereocenters. The van der Waals surface area contributed by atoms with Crippen molar-refractivity contribution in [3.8, 4) is 0 Å². The predicted molar refractivity (Wildman–Crippen MR) is 80.5 cm³/mol. The van der Waals surface area contributed by atoms with Crippen LogP contribution in [0.5, 0.6) is 0 Å². The Labute approximate surface area is 126 Å². The fourth-order valence-electron chi connectivity index (χ4n) is 4.56. The molecule has 4 fully saturated rings. The molecule has 6 heteroatoms. The van der Waals surface area contributed by atoms with Gasteiger partial charge in [-0.25, -0.2) is 8.42 Å². The second-order valence-electron chi connectivity index (χ2n) is 7.75. The van der Waals surface area contributed by atoms with Gasteiger partial charge in [0.2, 0.25) is 0 Å². The van der Waals surface area contributed by atoms with Gasteiger partial charge in [-0.3, -0.25) is 0 Å². The normalized spacial score (nSPS) is 47.4. The maximum atomic E-state index is 12.3. The highest BCUT2D eigenvalue weighted by molar-refractivity contribution is 7.91. The van der Waals surface area contributed by atoms with Crippen LogP contribution in [-0.4, -0.2) is 31.3 Å². The Kier molecular flexibility index (Phi) is 2.88. The van der Waals surface area contributed by atoms with Crippen LogP contribution < -0.4 is 5.32 Å². The van der Waals surface area contributed by atoms with Crippen LogP contribution in [0, 0.1) is 5.41 Å². The van der Waals surface area contributed by atoms with E-state index in [1.54, 1.807) is 0 Å². The Hall–Kier alpha value is -0.780. The number of hydrogen-bond donors (Lipinski definition) is 1. The largest absolute Gasteiger partial charge is 0.460 e. The van der Waals surface area contributed by atoms with Crippen LogP contribution in [0.2, 0.25) is 0 Å². The number of rotatable bonds is 1. The van der Waals surface area contributed by atoms with E-state index in [1.807, 2.05) is 0 Å². The topological polar surface area (TPSA) is 67.8 Å². The molecule has 4 saturated carbocycles. The lowest BCUT2D eigenvalue weighted by atomic mass is 9.58. The summed E-state index contributed by atoms with van der Waals surface area (Å²) in [6.45, 7) is 2.37. The van der Waals surface area contributed by atoms with Crippen molar-refractivity contribution in [2.24, 2.45) is 9.81 Å². The van der Waals surface area contributed by atoms with Gasteiger partial charge in [0.05, 0.1) is 0 Å². The molecule has 0 radical (unpaired) electrons. The van der Waals surface area contributed by atoms with Crippen molar-refractivity contribution < 1.29 is 13.2 Å². The molecule has 1 aliphatic heterocycles. The minimum absolute atomic E-state index is 0.0115. The highest BCUT2D eigenvalue weighted by atomic mass is 32.2. The standard InChI is InChI=1S/C15H24N2O3S/c1-14-5-8-15(9-6-14,10-7-14)16-13-17-21(18,19)12-4-2-3-11(12)20-13/h11-12H,2-10H2,1H3,(H,16,17). The lowest BCUT2D eigenvalue weighted by Crippen LogP contribution is -2.58. The summed E-state index contributed by atoms with van der Waals surface area (Å²) in [6, 6.07) is 0.267. The van der Waals surface area contributed by atoms with Crippen LogP contribution in [0.4, 0.5) is 0 Å². The number of sulfonamides is 1. The van der Waals surface area contributed by atoms with Crippen molar-refractivity contribution >= 4 is 16.0 Å². The van der Waals surface area contributed by atoms with Crippen molar-refractivity contribution in [2.75, 3.05) is 0 Å². The first-order valence-electron chi connectivity index (χ1n) is 8.19. The van der Waals surface area contributed by atoms with Gasteiger partial charge in [0, 0.05) is 5.54 Å². The highest BCUT2D eigenvalue weighted by Gasteiger charge is 2.49. The van der Waals surface area contributed by atoms with Crippen LogP contribution in [-0.2, 0) is 14.8 Å². The van der Waals surface area contributed by atoms with E-state index >= 15 is 0 Å². The van der Waals surface area contributed by atoms with Gasteiger partial charge < -0.3 is 10.1 Å². The molecule has 1 N–H and O–H groups in total. The smallest absolute Gasteiger partial charge is 0.301 e. The van der Waals surface area contributed by atoms with Crippen molar-refractivity contribution in [3.05, 3.63) is 0 Å². The molecule has 0 amide bonds. The Morgan fingerprint density at radius 1 is 1.14 bits per heavy atom. The third-order valence-electron chi connectivity index (χ3n) is 6.24. The summed E-state index contributed by atoms with van der Waals surface area (Å²) in [4.78, 5) is 0. The van der Waals surface area contributed by atoms with Gasteiger partial charge in [0.1, 0.15) is 11.4 Å². The van der Waals surface area contributed by atoms with Gasteiger partial charge in [-0.2, -0.15) is 0 Å². The summed E-state index contributed by atoms with van der Waals surface area (Å²) in [5.74, 6) is 0. The van der Waals surface area contributed by atoms with Gasteiger partial charge in [-0.1, -0.05) is 6.92 Å². The molecule has 5 rings (SSSR count). The Balaban J connectivity index is 1.55. The maximum absolute atomic E-state index is 12.3. The zero-order chi connectivity index (χ0) is 14.7. The van der Waals surface area contributed by atoms with Gasteiger partial charge in [-0.05, 0) is 63.2 Å². The molecule has 2 bridgehead atoms. The second kappa shape index (κ2) is 4.37. The molecule has 5 aliphatic rings. The second-order valence-corrected chi connectivity index (χ2v) is 9.57. The molecular weight excluding hydrogens is 288 g/mol. The zero-order valence-corrected chi connectivity index (χ0v) is 13.4. The van der Waals surface area contributed by atoms with Crippen molar-refractivity contribution in [1.82, 2.24) is 5.32 Å². The summed E-state index contributed by atoms with van der Waals surface area (Å²) < 4.78 is 34.3. The van der Waals surface area contributed by atoms with Gasteiger partial charge in [-0.15, -0.1) is 4.40 Å². The van der Waals surface area contributed by atoms with E-state index < -0.39 is 15.3 Å². The first kappa shape index (κ1) is 13.9. The third kappa shape index (κ3) is 2.26. The first-order valence-corrected chi connectivity index (χ1v) is 9.69. The molecule has 5 nitrogen and oxygen atoms in total. The fraction of sp³-hybridized carbons (Fsp3) is 0.933. The quantitative estimate of drug-likeness (QED) is 0.807. The lowest BCUT2D eigenvalue weighted by Gasteiger charge is -2.52. The number of hydrogen-bond acceptors (Lipinski definition) is 4. The lowest BCUT2D eigenvalue weighted by molar-refractivity contribution is 0.0412. The molecule has 0 spiro atoms. The van der Waals surface area contributed by atoms with E-state index in [0.29, 0.717) is 11.8 Å². The average molecular weight is 312 g/mol. The van der Waals surface area contributed by atoms with Gasteiger partial charge in [0.15, 0.2) is 0 Å². The van der Waals surface area contributed by atoms with E-state index in [9.17, 15) is 8.42 Å². The van der Waals surface area contributed by atoms with E-state index in [-0.39, 0.29) is 17.7 Å². The summed E-state index contributed by atoms with van der Waals surface area (Å²) in [5.41, 5.74) is 0.513. The molecule has 4 aliphatic carbocycles. The molecule has 0 aromatic heterocycles. The van der Waals surface area contributed by atoms with Crippen LogP contribution in [0.3, 0.4) is 0 Å². The first-order chi connectivity index (χ1) is 9.90. The third-order valence-corrected chi connectivity index (χ3v) is 7.97. The fourth-order valence-corrected chi connectivity index (χ4v) is 6.05. The molecule has 118 valence electrons. The van der Waals surface area contributed by atoms with Crippen LogP contribution >= 0.6 is 0 Å². The molecule has 2 atom stereocenters. The minimum Gasteiger partial charge on any atom is -0.460 e. The Bertz CT molecular complexity index is 559. The van der Waals surface area contributed by atoms with Gasteiger partial charge in [0.25, 0.3) is 10.0 Å². The molecule has 21 heavy (non-hydrogen) atoms. The summed E-state index contributed by atoms with van der Waals surface area (Å²) >= 11 is 0. The van der Waals surface area contributed by atoms with Crippen molar-refractivity contribution in [1.29, 1.82) is 0 Å². The summed E-state index contributed by atoms with van der Waals surface area (Å²) in [5, 5.41) is 2.98. The van der Waals surface area contributed by atoms with Crippen molar-refractivity contribution in [3.63, 3.8) is 0 Å². The number of nitrogens with zero attached hydrogens (tertiary/aromatic N) is 1.